The van der Waals surface area contributed by atoms with Gasteiger partial charge >= 0.3 is 0 Å². The number of aryl methyl sites for hydroxylation is 4. The number of nitrogens with one attached hydrogen (secondary N) is 2. The fourth-order valence-electron chi connectivity index (χ4n) is 2.91. The van der Waals surface area contributed by atoms with Gasteiger partial charge in [0.1, 0.15) is 0 Å². The van der Waals surface area contributed by atoms with Crippen molar-refractivity contribution in [2.24, 2.45) is 12.0 Å². The molecule has 5 nitrogen and oxygen atoms in total. The third-order valence-electron chi connectivity index (χ3n) is 4.50. The van der Waals surface area contributed by atoms with Crippen LogP contribution in [0.3, 0.4) is 0 Å². The van der Waals surface area contributed by atoms with E-state index in [9.17, 15) is 0 Å². The highest BCUT2D eigenvalue weighted by Crippen LogP contribution is 2.12. The summed E-state index contributed by atoms with van der Waals surface area (Å²) in [5.74, 6) is 0.822. The lowest BCUT2D eigenvalue weighted by Gasteiger charge is -2.13. The van der Waals surface area contributed by atoms with E-state index in [0.717, 1.165) is 31.2 Å². The summed E-state index contributed by atoms with van der Waals surface area (Å²) in [4.78, 5) is 4.30. The van der Waals surface area contributed by atoms with E-state index in [0.29, 0.717) is 0 Å². The number of hydrogen-bond acceptors (Lipinski definition) is 2. The third kappa shape index (κ3) is 5.73. The van der Waals surface area contributed by atoms with Gasteiger partial charge in [-0.15, -0.1) is 24.0 Å². The van der Waals surface area contributed by atoms with Crippen LogP contribution in [0.5, 0.6) is 0 Å². The Hall–Kier alpha value is -1.57. The Morgan fingerprint density at radius 2 is 1.88 bits per heavy atom. The maximum Gasteiger partial charge on any atom is 0.191 e. The highest BCUT2D eigenvalue weighted by molar-refractivity contribution is 14.0. The molecule has 1 aromatic carbocycles. The minimum absolute atomic E-state index is 0. The summed E-state index contributed by atoms with van der Waals surface area (Å²) in [6.07, 6.45) is 0.984. The Balaban J connectivity index is 0.00000312. The normalized spacial score (nSPS) is 11.2. The molecule has 0 aliphatic heterocycles. The van der Waals surface area contributed by atoms with Gasteiger partial charge < -0.3 is 10.6 Å². The summed E-state index contributed by atoms with van der Waals surface area (Å²) in [6.45, 7) is 10.0. The standard InChI is InChI=1S/C19H29N5.HI/c1-13-7-8-17(14(2)11-13)9-10-21-19(20-5)22-12-18-15(3)23-24(6)16(18)4;/h7-8,11H,9-10,12H2,1-6H3,(H2,20,21,22);1H. The van der Waals surface area contributed by atoms with Crippen molar-refractivity contribution in [3.05, 3.63) is 51.8 Å². The molecule has 2 rings (SSSR count). The first kappa shape index (κ1) is 21.5. The maximum absolute atomic E-state index is 4.45. The van der Waals surface area contributed by atoms with E-state index in [4.69, 9.17) is 0 Å². The Kier molecular flexibility index (Phi) is 8.41. The Morgan fingerprint density at radius 1 is 1.16 bits per heavy atom. The second-order valence-corrected chi connectivity index (χ2v) is 6.31. The topological polar surface area (TPSA) is 54.2 Å². The quantitative estimate of drug-likeness (QED) is 0.414. The Bertz CT molecular complexity index is 734. The lowest BCUT2D eigenvalue weighted by molar-refractivity contribution is 0.728. The van der Waals surface area contributed by atoms with Gasteiger partial charge in [0.05, 0.1) is 5.69 Å². The van der Waals surface area contributed by atoms with Crippen LogP contribution in [0.4, 0.5) is 0 Å². The molecule has 2 N–H and O–H groups in total. The molecule has 0 fully saturated rings. The number of benzene rings is 1. The van der Waals surface area contributed by atoms with Gasteiger partial charge in [-0.25, -0.2) is 0 Å². The second-order valence-electron chi connectivity index (χ2n) is 6.31. The molecule has 2 aromatic rings. The largest absolute Gasteiger partial charge is 0.356 e. The Morgan fingerprint density at radius 3 is 2.44 bits per heavy atom. The molecule has 0 atom stereocenters. The molecule has 1 aromatic heterocycles. The van der Waals surface area contributed by atoms with Crippen LogP contribution in [0.2, 0.25) is 0 Å². The van der Waals surface area contributed by atoms with Crippen molar-refractivity contribution >= 4 is 29.9 Å². The van der Waals surface area contributed by atoms with Crippen LogP contribution in [-0.4, -0.2) is 29.3 Å². The van der Waals surface area contributed by atoms with Crippen LogP contribution in [0.1, 0.15) is 33.6 Å². The zero-order valence-corrected chi connectivity index (χ0v) is 18.4. The van der Waals surface area contributed by atoms with Crippen LogP contribution in [0, 0.1) is 27.7 Å². The van der Waals surface area contributed by atoms with Gasteiger partial charge in [-0.2, -0.15) is 5.10 Å². The number of aliphatic imine (C=N–C) groups is 1. The van der Waals surface area contributed by atoms with Gasteiger partial charge in [0.25, 0.3) is 0 Å². The van der Waals surface area contributed by atoms with Crippen molar-refractivity contribution in [3.63, 3.8) is 0 Å². The predicted molar refractivity (Wildman–Crippen MR) is 116 cm³/mol. The van der Waals surface area contributed by atoms with Crippen LogP contribution in [-0.2, 0) is 20.0 Å². The fourth-order valence-corrected chi connectivity index (χ4v) is 2.91. The number of hydrogen-bond donors (Lipinski definition) is 2. The van der Waals surface area contributed by atoms with Gasteiger partial charge in [0, 0.05) is 38.4 Å². The molecule has 6 heteroatoms. The molecule has 0 saturated heterocycles. The molecule has 0 amide bonds. The molecule has 0 saturated carbocycles. The zero-order chi connectivity index (χ0) is 17.7. The van der Waals surface area contributed by atoms with E-state index < -0.39 is 0 Å². The molecule has 0 aliphatic rings. The molecule has 0 unspecified atom stereocenters. The average molecular weight is 455 g/mol. The second kappa shape index (κ2) is 9.79. The monoisotopic (exact) mass is 455 g/mol. The first-order valence-corrected chi connectivity index (χ1v) is 8.42. The van der Waals surface area contributed by atoms with Crippen molar-refractivity contribution < 1.29 is 0 Å². The summed E-state index contributed by atoms with van der Waals surface area (Å²) in [7, 11) is 3.78. The fraction of sp³-hybridized carbons (Fsp3) is 0.474. The molecule has 0 radical (unpaired) electrons. The van der Waals surface area contributed by atoms with E-state index in [-0.39, 0.29) is 24.0 Å². The number of rotatable bonds is 5. The van der Waals surface area contributed by atoms with E-state index in [1.807, 2.05) is 18.7 Å². The van der Waals surface area contributed by atoms with Crippen LogP contribution in [0.25, 0.3) is 0 Å². The van der Waals surface area contributed by atoms with E-state index in [1.165, 1.54) is 27.9 Å². The first-order chi connectivity index (χ1) is 11.4. The molecule has 25 heavy (non-hydrogen) atoms. The highest BCUT2D eigenvalue weighted by atomic mass is 127. The summed E-state index contributed by atoms with van der Waals surface area (Å²) in [5.41, 5.74) is 7.52. The van der Waals surface area contributed by atoms with Gasteiger partial charge in [-0.3, -0.25) is 9.67 Å². The van der Waals surface area contributed by atoms with Gasteiger partial charge in [-0.1, -0.05) is 23.8 Å². The van der Waals surface area contributed by atoms with Crippen LogP contribution < -0.4 is 10.6 Å². The summed E-state index contributed by atoms with van der Waals surface area (Å²) < 4.78 is 1.92. The van der Waals surface area contributed by atoms with Crippen molar-refractivity contribution in [1.82, 2.24) is 20.4 Å². The number of nitrogens with zero attached hydrogens (tertiary/aromatic N) is 3. The maximum atomic E-state index is 4.45. The van der Waals surface area contributed by atoms with Crippen LogP contribution in [0.15, 0.2) is 23.2 Å². The lowest BCUT2D eigenvalue weighted by Crippen LogP contribution is -2.38. The molecule has 0 spiro atoms. The van der Waals surface area contributed by atoms with E-state index in [1.54, 1.807) is 7.05 Å². The summed E-state index contributed by atoms with van der Waals surface area (Å²) in [6, 6.07) is 6.62. The van der Waals surface area contributed by atoms with Crippen molar-refractivity contribution in [3.8, 4) is 0 Å². The van der Waals surface area contributed by atoms with E-state index >= 15 is 0 Å². The smallest absolute Gasteiger partial charge is 0.191 e. The SMILES string of the molecule is CN=C(NCCc1ccc(C)cc1C)NCc1c(C)nn(C)c1C.I. The highest BCUT2D eigenvalue weighted by Gasteiger charge is 2.09. The average Bonchev–Trinajstić information content (AvgIpc) is 2.78. The van der Waals surface area contributed by atoms with Crippen LogP contribution >= 0.6 is 24.0 Å². The molecule has 138 valence electrons. The molecule has 1 heterocycles. The molecule has 0 bridgehead atoms. The number of guanidine groups is 1. The van der Waals surface area contributed by atoms with Crippen molar-refractivity contribution in [2.45, 2.75) is 40.7 Å². The third-order valence-corrected chi connectivity index (χ3v) is 4.50. The van der Waals surface area contributed by atoms with Crippen molar-refractivity contribution in [2.75, 3.05) is 13.6 Å². The van der Waals surface area contributed by atoms with Gasteiger partial charge in [0.2, 0.25) is 0 Å². The Labute approximate surface area is 168 Å². The molecular formula is C19H30IN5. The van der Waals surface area contributed by atoms with Gasteiger partial charge in [0.15, 0.2) is 5.96 Å². The zero-order valence-electron chi connectivity index (χ0n) is 16.1. The number of aromatic nitrogens is 2. The van der Waals surface area contributed by atoms with Crippen molar-refractivity contribution in [1.29, 1.82) is 0 Å². The predicted octanol–water partition coefficient (Wildman–Crippen LogP) is 3.18. The molecule has 0 aliphatic carbocycles. The minimum Gasteiger partial charge on any atom is -0.356 e. The minimum atomic E-state index is 0. The lowest BCUT2D eigenvalue weighted by atomic mass is 10.0. The number of halogens is 1. The van der Waals surface area contributed by atoms with E-state index in [2.05, 4.69) is 59.7 Å². The van der Waals surface area contributed by atoms with Gasteiger partial charge in [-0.05, 0) is 45.2 Å². The first-order valence-electron chi connectivity index (χ1n) is 8.42. The summed E-state index contributed by atoms with van der Waals surface area (Å²) in [5, 5.41) is 11.2. The summed E-state index contributed by atoms with van der Waals surface area (Å²) >= 11 is 0. The molecular weight excluding hydrogens is 425 g/mol.